The summed E-state index contributed by atoms with van der Waals surface area (Å²) in [4.78, 5) is 0. The zero-order valence-corrected chi connectivity index (χ0v) is 13.3. The maximum Gasteiger partial charge on any atom is 0.198 e. The largest absolute Gasteiger partial charge is 0.508 e. The van der Waals surface area contributed by atoms with E-state index in [1.54, 1.807) is 0 Å². The first kappa shape index (κ1) is 17.2. The van der Waals surface area contributed by atoms with Crippen LogP contribution < -0.4 is 10.1 Å². The molecule has 0 heterocycles. The Kier molecular flexibility index (Phi) is 5.93. The van der Waals surface area contributed by atoms with Gasteiger partial charge in [0, 0.05) is 12.6 Å². The fraction of sp³-hybridized carbons (Fsp3) is 0.333. The van der Waals surface area contributed by atoms with Gasteiger partial charge in [0.2, 0.25) is 0 Å². The summed E-state index contributed by atoms with van der Waals surface area (Å²) >= 11 is 0. The van der Waals surface area contributed by atoms with Crippen molar-refractivity contribution in [3.63, 3.8) is 0 Å². The SMILES string of the molecule is CC(C)CCNCc1cc(F)c(Oc2cccc(O)c2)c(F)c1. The molecule has 0 aromatic heterocycles. The standard InChI is InChI=1S/C18H21F2NO2/c1-12(2)6-7-21-11-13-8-16(19)18(17(20)9-13)23-15-5-3-4-14(22)10-15/h3-5,8-10,12,21-22H,6-7,11H2,1-2H3. The van der Waals surface area contributed by atoms with E-state index in [2.05, 4.69) is 19.2 Å². The van der Waals surface area contributed by atoms with E-state index >= 15 is 0 Å². The van der Waals surface area contributed by atoms with Crippen molar-refractivity contribution in [2.24, 2.45) is 5.92 Å². The van der Waals surface area contributed by atoms with E-state index in [1.165, 1.54) is 36.4 Å². The summed E-state index contributed by atoms with van der Waals surface area (Å²) in [6, 6.07) is 8.30. The van der Waals surface area contributed by atoms with Crippen LogP contribution in [0.1, 0.15) is 25.8 Å². The van der Waals surface area contributed by atoms with Gasteiger partial charge in [-0.1, -0.05) is 19.9 Å². The summed E-state index contributed by atoms with van der Waals surface area (Å²) < 4.78 is 33.4. The second-order valence-corrected chi connectivity index (χ2v) is 5.85. The Hall–Kier alpha value is -2.14. The minimum absolute atomic E-state index is 0.0331. The minimum atomic E-state index is -0.769. The van der Waals surface area contributed by atoms with Crippen LogP contribution in [0.15, 0.2) is 36.4 Å². The molecule has 0 saturated heterocycles. The predicted molar refractivity (Wildman–Crippen MR) is 85.7 cm³/mol. The lowest BCUT2D eigenvalue weighted by atomic mass is 10.1. The third-order valence-electron chi connectivity index (χ3n) is 3.32. The summed E-state index contributed by atoms with van der Waals surface area (Å²) in [7, 11) is 0. The Labute approximate surface area is 134 Å². The third-order valence-corrected chi connectivity index (χ3v) is 3.32. The second-order valence-electron chi connectivity index (χ2n) is 5.85. The van der Waals surface area contributed by atoms with Crippen LogP contribution in [0.4, 0.5) is 8.78 Å². The fourth-order valence-corrected chi connectivity index (χ4v) is 2.10. The van der Waals surface area contributed by atoms with Gasteiger partial charge >= 0.3 is 0 Å². The maximum atomic E-state index is 14.1. The summed E-state index contributed by atoms with van der Waals surface area (Å²) in [5.41, 5.74) is 0.520. The van der Waals surface area contributed by atoms with Crippen molar-refractivity contribution in [1.29, 1.82) is 0 Å². The average Bonchev–Trinajstić information content (AvgIpc) is 2.47. The molecule has 2 N–H and O–H groups in total. The lowest BCUT2D eigenvalue weighted by Crippen LogP contribution is -2.16. The van der Waals surface area contributed by atoms with E-state index in [9.17, 15) is 13.9 Å². The number of phenolic OH excluding ortho intramolecular Hbond substituents is 1. The van der Waals surface area contributed by atoms with Crippen molar-refractivity contribution in [3.05, 3.63) is 53.6 Å². The molecule has 23 heavy (non-hydrogen) atoms. The van der Waals surface area contributed by atoms with Crippen molar-refractivity contribution in [2.75, 3.05) is 6.54 Å². The Morgan fingerprint density at radius 3 is 2.43 bits per heavy atom. The zero-order chi connectivity index (χ0) is 16.8. The molecule has 0 unspecified atom stereocenters. The minimum Gasteiger partial charge on any atom is -0.508 e. The lowest BCUT2D eigenvalue weighted by molar-refractivity contribution is 0.401. The number of rotatable bonds is 7. The number of hydrogen-bond acceptors (Lipinski definition) is 3. The monoisotopic (exact) mass is 321 g/mol. The number of halogens is 2. The summed E-state index contributed by atoms with van der Waals surface area (Å²) in [5, 5.41) is 12.5. The molecule has 0 aliphatic carbocycles. The van der Waals surface area contributed by atoms with Gasteiger partial charge < -0.3 is 15.2 Å². The van der Waals surface area contributed by atoms with Crippen LogP contribution in [0.2, 0.25) is 0 Å². The number of phenols is 1. The highest BCUT2D eigenvalue weighted by Crippen LogP contribution is 2.30. The number of nitrogens with one attached hydrogen (secondary N) is 1. The molecule has 0 aliphatic heterocycles. The highest BCUT2D eigenvalue weighted by atomic mass is 19.1. The quantitative estimate of drug-likeness (QED) is 0.732. The fourth-order valence-electron chi connectivity index (χ4n) is 2.10. The first-order chi connectivity index (χ1) is 11.0. The first-order valence-electron chi connectivity index (χ1n) is 7.61. The van der Waals surface area contributed by atoms with Gasteiger partial charge in [-0.3, -0.25) is 0 Å². The zero-order valence-electron chi connectivity index (χ0n) is 13.3. The second kappa shape index (κ2) is 7.92. The van der Waals surface area contributed by atoms with E-state index in [4.69, 9.17) is 4.74 Å². The molecule has 0 bridgehead atoms. The summed E-state index contributed by atoms with van der Waals surface area (Å²) in [6.07, 6.45) is 1.00. The molecule has 0 spiro atoms. The molecule has 0 amide bonds. The van der Waals surface area contributed by atoms with Gasteiger partial charge in [0.1, 0.15) is 11.5 Å². The van der Waals surface area contributed by atoms with E-state index < -0.39 is 17.4 Å². The first-order valence-corrected chi connectivity index (χ1v) is 7.61. The van der Waals surface area contributed by atoms with Crippen LogP contribution in [-0.4, -0.2) is 11.7 Å². The van der Waals surface area contributed by atoms with Crippen LogP contribution in [-0.2, 0) is 6.54 Å². The Bertz CT molecular complexity index is 636. The number of aromatic hydroxyl groups is 1. The molecular weight excluding hydrogens is 300 g/mol. The molecule has 2 aromatic carbocycles. The number of ether oxygens (including phenoxy) is 1. The van der Waals surface area contributed by atoms with Gasteiger partial charge in [-0.2, -0.15) is 0 Å². The Balaban J connectivity index is 2.05. The smallest absolute Gasteiger partial charge is 0.198 e. The Morgan fingerprint density at radius 1 is 1.13 bits per heavy atom. The molecule has 0 saturated carbocycles. The van der Waals surface area contributed by atoms with Gasteiger partial charge in [0.05, 0.1) is 0 Å². The molecule has 124 valence electrons. The molecule has 5 heteroatoms. The highest BCUT2D eigenvalue weighted by molar-refractivity contribution is 5.38. The van der Waals surface area contributed by atoms with E-state index in [1.807, 2.05) is 0 Å². The molecule has 0 aliphatic rings. The maximum absolute atomic E-state index is 14.1. The van der Waals surface area contributed by atoms with E-state index in [-0.39, 0.29) is 11.5 Å². The van der Waals surface area contributed by atoms with E-state index in [0.29, 0.717) is 18.0 Å². The van der Waals surface area contributed by atoms with Gasteiger partial charge in [0.25, 0.3) is 0 Å². The molecule has 0 atom stereocenters. The van der Waals surface area contributed by atoms with Gasteiger partial charge in [0.15, 0.2) is 17.4 Å². The average molecular weight is 321 g/mol. The van der Waals surface area contributed by atoms with Crippen molar-refractivity contribution < 1.29 is 18.6 Å². The number of benzene rings is 2. The van der Waals surface area contributed by atoms with Gasteiger partial charge in [-0.05, 0) is 48.7 Å². The Morgan fingerprint density at radius 2 is 1.83 bits per heavy atom. The van der Waals surface area contributed by atoms with Crippen LogP contribution >= 0.6 is 0 Å². The van der Waals surface area contributed by atoms with Crippen molar-refractivity contribution in [2.45, 2.75) is 26.8 Å². The van der Waals surface area contributed by atoms with Gasteiger partial charge in [-0.15, -0.1) is 0 Å². The van der Waals surface area contributed by atoms with Crippen LogP contribution in [0.25, 0.3) is 0 Å². The van der Waals surface area contributed by atoms with Crippen molar-refractivity contribution in [3.8, 4) is 17.2 Å². The summed E-state index contributed by atoms with van der Waals surface area (Å²) in [5.74, 6) is -1.29. The van der Waals surface area contributed by atoms with Crippen LogP contribution in [0.5, 0.6) is 17.2 Å². The topological polar surface area (TPSA) is 41.5 Å². The normalized spacial score (nSPS) is 11.0. The van der Waals surface area contributed by atoms with Crippen molar-refractivity contribution >= 4 is 0 Å². The molecular formula is C18H21F2NO2. The summed E-state index contributed by atoms with van der Waals surface area (Å²) in [6.45, 7) is 5.43. The predicted octanol–water partition coefficient (Wildman–Crippen LogP) is 4.60. The third kappa shape index (κ3) is 5.21. The van der Waals surface area contributed by atoms with Crippen molar-refractivity contribution in [1.82, 2.24) is 5.32 Å². The van der Waals surface area contributed by atoms with E-state index in [0.717, 1.165) is 13.0 Å². The molecule has 2 aromatic rings. The number of hydrogen-bond donors (Lipinski definition) is 2. The molecule has 0 radical (unpaired) electrons. The van der Waals surface area contributed by atoms with Crippen LogP contribution in [0, 0.1) is 17.6 Å². The molecule has 0 fully saturated rings. The lowest BCUT2D eigenvalue weighted by Gasteiger charge is -2.11. The molecule has 2 rings (SSSR count). The van der Waals surface area contributed by atoms with Gasteiger partial charge in [-0.25, -0.2) is 8.78 Å². The van der Waals surface area contributed by atoms with Crippen LogP contribution in [0.3, 0.4) is 0 Å². The molecule has 3 nitrogen and oxygen atoms in total. The highest BCUT2D eigenvalue weighted by Gasteiger charge is 2.14.